The van der Waals surface area contributed by atoms with Crippen LogP contribution >= 0.6 is 0 Å². The Morgan fingerprint density at radius 2 is 2.45 bits per heavy atom. The predicted octanol–water partition coefficient (Wildman–Crippen LogP) is 3.62. The molecule has 0 fully saturated rings. The first-order valence-corrected chi connectivity index (χ1v) is 4.39. The summed E-state index contributed by atoms with van der Waals surface area (Å²) in [6.07, 6.45) is 12.5. The average Bonchev–Trinajstić information content (AvgIpc) is 2.09. The van der Waals surface area contributed by atoms with E-state index in [1.54, 1.807) is 0 Å². The van der Waals surface area contributed by atoms with Crippen LogP contribution in [0.15, 0.2) is 35.5 Å². The summed E-state index contributed by atoms with van der Waals surface area (Å²) >= 11 is 0. The van der Waals surface area contributed by atoms with Crippen molar-refractivity contribution in [3.8, 4) is 0 Å². The van der Waals surface area contributed by atoms with Crippen LogP contribution in [0, 0.1) is 0 Å². The largest absolute Gasteiger partial charge is 0.0842 e. The fourth-order valence-corrected chi connectivity index (χ4v) is 1.49. The molecule has 0 heteroatoms. The van der Waals surface area contributed by atoms with Gasteiger partial charge in [-0.05, 0) is 37.3 Å². The molecule has 11 heavy (non-hydrogen) atoms. The molecule has 0 amide bonds. The zero-order valence-electron chi connectivity index (χ0n) is 7.43. The van der Waals surface area contributed by atoms with Crippen LogP contribution in [0.25, 0.3) is 0 Å². The van der Waals surface area contributed by atoms with E-state index in [9.17, 15) is 0 Å². The van der Waals surface area contributed by atoms with E-state index in [4.69, 9.17) is 0 Å². The number of hydrogen-bond donors (Lipinski definition) is 0. The molecule has 60 valence electrons. The number of rotatable bonds is 2. The van der Waals surface area contributed by atoms with Gasteiger partial charge in [0.15, 0.2) is 0 Å². The molecule has 0 aromatic heterocycles. The number of allylic oxidation sites excluding steroid dienone is 6. The molecular formula is C11H16. The summed E-state index contributed by atoms with van der Waals surface area (Å²) < 4.78 is 0. The fourth-order valence-electron chi connectivity index (χ4n) is 1.49. The van der Waals surface area contributed by atoms with Crippen LogP contribution in [0.3, 0.4) is 0 Å². The highest BCUT2D eigenvalue weighted by atomic mass is 14.1. The summed E-state index contributed by atoms with van der Waals surface area (Å²) in [6, 6.07) is 0. The zero-order valence-corrected chi connectivity index (χ0v) is 7.43. The van der Waals surface area contributed by atoms with Gasteiger partial charge in [-0.2, -0.15) is 0 Å². The van der Waals surface area contributed by atoms with Crippen LogP contribution < -0.4 is 0 Å². The molecule has 0 radical (unpaired) electrons. The second kappa shape index (κ2) is 4.17. The number of hydrogen-bond acceptors (Lipinski definition) is 0. The maximum absolute atomic E-state index is 2.24. The molecule has 1 rings (SSSR count). The molecular weight excluding hydrogens is 132 g/mol. The smallest absolute Gasteiger partial charge is 0.0241 e. The van der Waals surface area contributed by atoms with Gasteiger partial charge in [0, 0.05) is 0 Å². The van der Waals surface area contributed by atoms with Gasteiger partial charge in [-0.25, -0.2) is 0 Å². The predicted molar refractivity (Wildman–Crippen MR) is 50.5 cm³/mol. The van der Waals surface area contributed by atoms with E-state index in [2.05, 4.69) is 38.2 Å². The van der Waals surface area contributed by atoms with E-state index < -0.39 is 0 Å². The van der Waals surface area contributed by atoms with Crippen molar-refractivity contribution >= 4 is 0 Å². The van der Waals surface area contributed by atoms with Gasteiger partial charge in [0.1, 0.15) is 0 Å². The third-order valence-electron chi connectivity index (χ3n) is 2.16. The van der Waals surface area contributed by atoms with Crippen LogP contribution in [0.4, 0.5) is 0 Å². The van der Waals surface area contributed by atoms with Crippen molar-refractivity contribution in [2.24, 2.45) is 0 Å². The Morgan fingerprint density at radius 3 is 2.91 bits per heavy atom. The third kappa shape index (κ3) is 2.07. The van der Waals surface area contributed by atoms with Crippen LogP contribution in [0.5, 0.6) is 0 Å². The monoisotopic (exact) mass is 148 g/mol. The highest BCUT2D eigenvalue weighted by Gasteiger charge is 2.02. The molecule has 0 saturated heterocycles. The lowest BCUT2D eigenvalue weighted by Crippen LogP contribution is -1.90. The van der Waals surface area contributed by atoms with E-state index in [0.717, 1.165) is 6.42 Å². The molecule has 1 aliphatic carbocycles. The third-order valence-corrected chi connectivity index (χ3v) is 2.16. The van der Waals surface area contributed by atoms with E-state index in [1.807, 2.05) is 0 Å². The van der Waals surface area contributed by atoms with Crippen molar-refractivity contribution in [1.82, 2.24) is 0 Å². The van der Waals surface area contributed by atoms with Crippen LogP contribution in [0.2, 0.25) is 0 Å². The van der Waals surface area contributed by atoms with Crippen molar-refractivity contribution in [3.63, 3.8) is 0 Å². The molecule has 0 atom stereocenters. The SMILES string of the molecule is CC=C(CC)C1=CC=CCC1. The molecule has 0 bridgehead atoms. The summed E-state index contributed by atoms with van der Waals surface area (Å²) in [5.41, 5.74) is 3.03. The summed E-state index contributed by atoms with van der Waals surface area (Å²) in [5, 5.41) is 0. The second-order valence-electron chi connectivity index (χ2n) is 2.83. The molecule has 0 nitrogen and oxygen atoms in total. The first-order chi connectivity index (χ1) is 5.38. The highest BCUT2D eigenvalue weighted by molar-refractivity contribution is 5.35. The lowest BCUT2D eigenvalue weighted by Gasteiger charge is -2.10. The van der Waals surface area contributed by atoms with Gasteiger partial charge < -0.3 is 0 Å². The summed E-state index contributed by atoms with van der Waals surface area (Å²) in [4.78, 5) is 0. The minimum absolute atomic E-state index is 1.16. The second-order valence-corrected chi connectivity index (χ2v) is 2.83. The molecule has 0 aromatic rings. The molecule has 0 spiro atoms. The Bertz CT molecular complexity index is 204. The summed E-state index contributed by atoms with van der Waals surface area (Å²) in [5.74, 6) is 0. The van der Waals surface area contributed by atoms with Crippen molar-refractivity contribution in [2.75, 3.05) is 0 Å². The van der Waals surface area contributed by atoms with E-state index in [-0.39, 0.29) is 0 Å². The van der Waals surface area contributed by atoms with Gasteiger partial charge in [0.2, 0.25) is 0 Å². The van der Waals surface area contributed by atoms with Gasteiger partial charge in [-0.1, -0.05) is 31.2 Å². The van der Waals surface area contributed by atoms with Crippen LogP contribution in [-0.2, 0) is 0 Å². The minimum Gasteiger partial charge on any atom is -0.0842 e. The van der Waals surface area contributed by atoms with E-state index >= 15 is 0 Å². The topological polar surface area (TPSA) is 0 Å². The van der Waals surface area contributed by atoms with Gasteiger partial charge in [0.05, 0.1) is 0 Å². The maximum atomic E-state index is 2.24. The lowest BCUT2D eigenvalue weighted by atomic mass is 9.96. The Labute approximate surface area is 69.3 Å². The van der Waals surface area contributed by atoms with Gasteiger partial charge in [-0.15, -0.1) is 0 Å². The quantitative estimate of drug-likeness (QED) is 0.561. The summed E-state index contributed by atoms with van der Waals surface area (Å²) in [6.45, 7) is 4.34. The van der Waals surface area contributed by atoms with Gasteiger partial charge in [0.25, 0.3) is 0 Å². The fraction of sp³-hybridized carbons (Fsp3) is 0.455. The van der Waals surface area contributed by atoms with Gasteiger partial charge in [-0.3, -0.25) is 0 Å². The first-order valence-electron chi connectivity index (χ1n) is 4.39. The maximum Gasteiger partial charge on any atom is -0.0241 e. The van der Waals surface area contributed by atoms with E-state index in [0.29, 0.717) is 0 Å². The Kier molecular flexibility index (Phi) is 3.15. The molecule has 1 aliphatic rings. The van der Waals surface area contributed by atoms with Crippen LogP contribution in [0.1, 0.15) is 33.1 Å². The Morgan fingerprint density at radius 1 is 1.64 bits per heavy atom. The Balaban J connectivity index is 2.72. The minimum atomic E-state index is 1.16. The molecule has 0 heterocycles. The molecule has 0 N–H and O–H groups in total. The first kappa shape index (κ1) is 8.32. The molecule has 0 saturated carbocycles. The Hall–Kier alpha value is -0.780. The normalized spacial score (nSPS) is 18.4. The molecule has 0 unspecified atom stereocenters. The lowest BCUT2D eigenvalue weighted by molar-refractivity contribution is 0.936. The summed E-state index contributed by atoms with van der Waals surface area (Å²) in [7, 11) is 0. The van der Waals surface area contributed by atoms with E-state index in [1.165, 1.54) is 24.0 Å². The molecule has 0 aliphatic heterocycles. The van der Waals surface area contributed by atoms with Crippen molar-refractivity contribution in [3.05, 3.63) is 35.5 Å². The van der Waals surface area contributed by atoms with Crippen molar-refractivity contribution in [1.29, 1.82) is 0 Å². The standard InChI is InChI=1S/C11H16/c1-3-10(4-2)11-8-6-5-7-9-11/h3,5-6,8H,4,7,9H2,1-2H3. The highest BCUT2D eigenvalue weighted by Crippen LogP contribution is 2.21. The average molecular weight is 148 g/mol. The molecule has 0 aromatic carbocycles. The van der Waals surface area contributed by atoms with Crippen molar-refractivity contribution < 1.29 is 0 Å². The van der Waals surface area contributed by atoms with Crippen molar-refractivity contribution in [2.45, 2.75) is 33.1 Å². The van der Waals surface area contributed by atoms with Gasteiger partial charge >= 0.3 is 0 Å². The zero-order chi connectivity index (χ0) is 8.10. The van der Waals surface area contributed by atoms with Crippen LogP contribution in [-0.4, -0.2) is 0 Å².